The number of hydrogen-bond donors (Lipinski definition) is 6. The summed E-state index contributed by atoms with van der Waals surface area (Å²) in [5, 5.41) is 59.0. The minimum Gasteiger partial charge on any atom is -0.748 e. The van der Waals surface area contributed by atoms with Crippen molar-refractivity contribution in [2.24, 2.45) is 0 Å². The van der Waals surface area contributed by atoms with Gasteiger partial charge in [-0.1, -0.05) is 95.3 Å². The van der Waals surface area contributed by atoms with Crippen molar-refractivity contribution in [3.05, 3.63) is 252 Å². The molecule has 6 N–H and O–H groups in total. The molecule has 22 heteroatoms. The molecule has 13 atom stereocenters. The lowest BCUT2D eigenvalue weighted by molar-refractivity contribution is -0.703. The maximum Gasteiger partial charge on any atom is 0.222 e. The Morgan fingerprint density at radius 2 is 0.757 bits per heavy atom. The highest BCUT2D eigenvalue weighted by molar-refractivity contribution is 7.85. The van der Waals surface area contributed by atoms with Crippen LogP contribution in [0.2, 0.25) is 0 Å². The molecule has 20 nitrogen and oxygen atoms in total. The maximum absolute atomic E-state index is 12.7. The molecule has 0 aliphatic carbocycles. The molecule has 0 aliphatic rings. The molecule has 0 radical (unpaired) electrons. The molecule has 8 rings (SSSR count). The van der Waals surface area contributed by atoms with Gasteiger partial charge in [0.15, 0.2) is 56.1 Å². The van der Waals surface area contributed by atoms with Crippen molar-refractivity contribution < 1.29 is 79.6 Å². The van der Waals surface area contributed by atoms with E-state index in [4.69, 9.17) is 5.11 Å². The zero-order valence-corrected chi connectivity index (χ0v) is 65.0. The Morgan fingerprint density at radius 1 is 0.421 bits per heavy atom. The second kappa shape index (κ2) is 44.8. The van der Waals surface area contributed by atoms with Crippen LogP contribution in [0.1, 0.15) is 223 Å². The second-order valence-electron chi connectivity index (χ2n) is 29.2. The third-order valence-electron chi connectivity index (χ3n) is 21.2. The van der Waals surface area contributed by atoms with E-state index in [9.17, 15) is 56.3 Å². The molecule has 2 aromatic carbocycles. The molecule has 8 aromatic rings. The summed E-state index contributed by atoms with van der Waals surface area (Å²) in [6, 6.07) is 47.4. The van der Waals surface area contributed by atoms with Gasteiger partial charge >= 0.3 is 0 Å². The Bertz CT molecular complexity index is 4030. The van der Waals surface area contributed by atoms with Crippen molar-refractivity contribution in [2.75, 3.05) is 31.7 Å². The van der Waals surface area contributed by atoms with Crippen molar-refractivity contribution in [1.82, 2.24) is 14.9 Å². The highest BCUT2D eigenvalue weighted by Gasteiger charge is 2.33. The van der Waals surface area contributed by atoms with Crippen LogP contribution in [0.25, 0.3) is 0 Å². The van der Waals surface area contributed by atoms with Gasteiger partial charge in [-0.05, 0) is 187 Å². The van der Waals surface area contributed by atoms with E-state index in [1.807, 2.05) is 65.6 Å². The summed E-state index contributed by atoms with van der Waals surface area (Å²) in [5.74, 6) is 1.58. The highest BCUT2D eigenvalue weighted by Crippen LogP contribution is 2.44. The molecule has 6 aromatic heterocycles. The molecule has 0 aliphatic heterocycles. The van der Waals surface area contributed by atoms with Crippen molar-refractivity contribution in [2.45, 2.75) is 235 Å². The number of nitrogens with zero attached hydrogens (tertiary/aromatic N) is 7. The number of hydrogen-bond acceptors (Lipinski definition) is 15. The number of aromatic nitrogens is 6. The van der Waals surface area contributed by atoms with Crippen LogP contribution in [-0.4, -0.2) is 140 Å². The van der Waals surface area contributed by atoms with E-state index in [1.165, 1.54) is 56.5 Å². The zero-order valence-electron chi connectivity index (χ0n) is 63.4. The number of aliphatic hydroxyl groups excluding tert-OH is 6. The molecule has 0 saturated carbocycles. The molecule has 13 unspecified atom stereocenters. The zero-order chi connectivity index (χ0) is 77.3. The number of pyridine rings is 6. The lowest BCUT2D eigenvalue weighted by Crippen LogP contribution is -2.49. The lowest BCUT2D eigenvalue weighted by Gasteiger charge is -2.29. The normalized spacial score (nSPS) is 15.6. The number of amides is 1. The van der Waals surface area contributed by atoms with E-state index in [-0.39, 0.29) is 60.7 Å². The van der Waals surface area contributed by atoms with Crippen LogP contribution in [0.3, 0.4) is 0 Å². The van der Waals surface area contributed by atoms with E-state index in [1.54, 1.807) is 0 Å². The van der Waals surface area contributed by atoms with Gasteiger partial charge in [-0.3, -0.25) is 14.8 Å². The Labute approximate surface area is 636 Å². The number of aliphatic hydroxyl groups is 6. The first-order valence-corrected chi connectivity index (χ1v) is 41.5. The van der Waals surface area contributed by atoms with Crippen LogP contribution in [0.15, 0.2) is 208 Å². The summed E-state index contributed by atoms with van der Waals surface area (Å²) < 4.78 is 74.5. The molecule has 1 amide bonds. The summed E-state index contributed by atoms with van der Waals surface area (Å²) in [5.41, 5.74) is 10.3. The molecule has 0 spiro atoms. The molecule has 6 heterocycles. The molecular weight excluding hydrogens is 1390 g/mol. The number of likely N-dealkylation sites (N-methyl/N-ethyl adjacent to an activating group) is 1. The number of carbonyl (C=O) groups is 1. The van der Waals surface area contributed by atoms with Crippen LogP contribution in [0.5, 0.6) is 0 Å². The van der Waals surface area contributed by atoms with Gasteiger partial charge in [-0.15, -0.1) is 0 Å². The van der Waals surface area contributed by atoms with Gasteiger partial charge in [-0.2, -0.15) is 0 Å². The molecule has 107 heavy (non-hydrogen) atoms. The fourth-order valence-electron chi connectivity index (χ4n) is 14.6. The quantitative estimate of drug-likeness (QED) is 0.0117. The minimum absolute atomic E-state index is 0.205. The average molecular weight is 1510 g/mol. The molecule has 0 saturated heterocycles. The van der Waals surface area contributed by atoms with Crippen LogP contribution < -0.4 is 18.3 Å². The summed E-state index contributed by atoms with van der Waals surface area (Å²) in [7, 11) is -6.94. The average Bonchev–Trinajstić information content (AvgIpc) is 0.829. The Kier molecular flexibility index (Phi) is 36.2. The third-order valence-corrected chi connectivity index (χ3v) is 22.8. The minimum atomic E-state index is -4.25. The monoisotopic (exact) mass is 1510 g/mol. The van der Waals surface area contributed by atoms with Crippen molar-refractivity contribution in [1.29, 1.82) is 0 Å². The lowest BCUT2D eigenvalue weighted by atomic mass is 9.75. The highest BCUT2D eigenvalue weighted by atomic mass is 32.2. The predicted molar refractivity (Wildman–Crippen MR) is 411 cm³/mol. The third kappa shape index (κ3) is 30.1. The summed E-state index contributed by atoms with van der Waals surface area (Å²) in [4.78, 5) is 22.6. The van der Waals surface area contributed by atoms with E-state index >= 15 is 0 Å². The largest absolute Gasteiger partial charge is 0.748 e. The second-order valence-corrected chi connectivity index (χ2v) is 32.3. The Morgan fingerprint density at radius 3 is 1.12 bits per heavy atom. The summed E-state index contributed by atoms with van der Waals surface area (Å²) in [6.45, 7) is 12.4. The van der Waals surface area contributed by atoms with E-state index < -0.39 is 51.3 Å². The van der Waals surface area contributed by atoms with Gasteiger partial charge in [0.25, 0.3) is 0 Å². The van der Waals surface area contributed by atoms with Gasteiger partial charge in [0.1, 0.15) is 50.2 Å². The first-order chi connectivity index (χ1) is 51.3. The Balaban J connectivity index is 0.000000310. The van der Waals surface area contributed by atoms with Crippen molar-refractivity contribution >= 4 is 26.1 Å². The van der Waals surface area contributed by atoms with Crippen LogP contribution in [0, 0.1) is 0 Å². The van der Waals surface area contributed by atoms with E-state index in [0.717, 1.165) is 77.2 Å². The van der Waals surface area contributed by atoms with Gasteiger partial charge in [0.05, 0.1) is 26.8 Å². The maximum atomic E-state index is 12.7. The first kappa shape index (κ1) is 86.6. The Hall–Kier alpha value is -7.61. The van der Waals surface area contributed by atoms with E-state index in [2.05, 4.69) is 205 Å². The van der Waals surface area contributed by atoms with Gasteiger partial charge < -0.3 is 44.6 Å². The van der Waals surface area contributed by atoms with E-state index in [0.29, 0.717) is 62.1 Å². The smallest absolute Gasteiger partial charge is 0.222 e. The molecule has 0 fully saturated rings. The fraction of sp³-hybridized carbons (Fsp3) is 0.494. The molecular formula is C85H117N7O13S2+2. The number of benzene rings is 2. The number of aryl methyl sites for hydroxylation is 3. The number of rotatable bonds is 45. The topological polar surface area (TPSA) is 297 Å². The first-order valence-electron chi connectivity index (χ1n) is 38.3. The predicted octanol–water partition coefficient (Wildman–Crippen LogP) is 10.5. The van der Waals surface area contributed by atoms with Gasteiger partial charge in [-0.25, -0.2) is 35.1 Å². The number of carbonyl (C=O) groups excluding carboxylic acids is 1. The van der Waals surface area contributed by atoms with Crippen molar-refractivity contribution in [3.8, 4) is 0 Å². The SMILES string of the molecule is CCC(CC(CC(CC(C)c1ccccc1)c1ccncc1)c1cc[n+](CCCCCC(=O)N(C)CC(O)C(O)C(O)C(O)CO)cc1)c1cc[n+](CCCS(=O)(=O)[O-])cc1.CCC(O)C[n+]1ccc(C(CC(CC)c2cc[n+](CCCS(=O)(=O)[O-])cc2)CC(CC(C)c2ccccc2)c2ccncc2)cc1. The standard InChI is InChI=1S/C47H67N4O9S.C38H50N3O4S/c1-4-36(39-17-25-51(26-18-39)24-11-29-61(58,59)60)31-42(32-41(38-15-21-48-22-16-38)30-35(2)37-12-7-5-8-13-37)40-19-27-50(28-20-40)23-10-6-9-14-45(55)49(3)33-43(53)46(56)47(57)44(54)34-52;1-4-31(34-14-21-40(22-15-34)20-9-25-46(43,44)45)27-37(35-16-23-41(24-17-35)29-38(42)5-2)28-36(33-12-18-39-19-13-33)26-30(3)32-10-7-6-8-11-32/h5,7-8,12-13,15-22,25-28,35-36,41-44,46-47,52-54,56-57H,4,6,9-11,14,23-24,29-34H2,1-3H3;6-8,10-19,21-24,30-31,36-38,42H,4-5,9,20,25-29H2,1-3H3/q2*+1. The van der Waals surface area contributed by atoms with Crippen LogP contribution in [0.4, 0.5) is 0 Å². The molecule has 0 bridgehead atoms. The number of unbranched alkanes of at least 4 members (excludes halogenated alkanes) is 2. The van der Waals surface area contributed by atoms with Gasteiger partial charge in [0, 0.05) is 124 Å². The van der Waals surface area contributed by atoms with Crippen molar-refractivity contribution in [3.63, 3.8) is 0 Å². The molecule has 580 valence electrons. The van der Waals surface area contributed by atoms with Crippen LogP contribution >= 0.6 is 0 Å². The van der Waals surface area contributed by atoms with Crippen LogP contribution in [-0.2, 0) is 51.2 Å². The summed E-state index contributed by atoms with van der Waals surface area (Å²) >= 11 is 0. The fourth-order valence-corrected chi connectivity index (χ4v) is 15.6. The summed E-state index contributed by atoms with van der Waals surface area (Å²) in [6.07, 6.45) is 28.7. The van der Waals surface area contributed by atoms with Gasteiger partial charge in [0.2, 0.25) is 5.91 Å².